The Kier molecular flexibility index (Phi) is 10.1. The molecule has 6 nitrogen and oxygen atoms in total. The van der Waals surface area contributed by atoms with Crippen molar-refractivity contribution in [3.8, 4) is 33.9 Å². The van der Waals surface area contributed by atoms with Crippen molar-refractivity contribution in [1.29, 1.82) is 0 Å². The van der Waals surface area contributed by atoms with Gasteiger partial charge in [-0.15, -0.1) is 26.3 Å². The third kappa shape index (κ3) is 7.42. The second-order valence-electron chi connectivity index (χ2n) is 10.3. The first kappa shape index (κ1) is 33.8. The van der Waals surface area contributed by atoms with Gasteiger partial charge in [0.1, 0.15) is 35.9 Å². The highest BCUT2D eigenvalue weighted by Crippen LogP contribution is 2.51. The molecule has 2 aliphatic rings. The monoisotopic (exact) mass is 638 g/mol. The molecule has 0 atom stereocenters. The molecule has 0 fully saturated rings. The van der Waals surface area contributed by atoms with Crippen LogP contribution >= 0.6 is 0 Å². The van der Waals surface area contributed by atoms with Gasteiger partial charge in [0.2, 0.25) is 5.36 Å². The number of rotatable bonds is 11. The van der Waals surface area contributed by atoms with Gasteiger partial charge in [-0.05, 0) is 59.7 Å². The smallest absolute Gasteiger partial charge is 0.456 e. The van der Waals surface area contributed by atoms with Crippen molar-refractivity contribution < 1.29 is 40.2 Å². The summed E-state index contributed by atoms with van der Waals surface area (Å²) in [4.78, 5) is 3.67. The number of benzene rings is 3. The zero-order valence-corrected chi connectivity index (χ0v) is 26.2. The quantitative estimate of drug-likeness (QED) is 0.0937. The van der Waals surface area contributed by atoms with Gasteiger partial charge >= 0.3 is 12.7 Å². The SMILES string of the molecule is CCN(CC)c1cc(OC(F)(F)F)c(-c2c3ccc(=[N+](CC)CC)cc-3oc3cc(N(CC)CC)ccc23)c(OC(F)(F)F)c1. The predicted octanol–water partition coefficient (Wildman–Crippen LogP) is 8.51. The molecule has 0 saturated carbocycles. The van der Waals surface area contributed by atoms with Crippen LogP contribution in [-0.4, -0.2) is 52.0 Å². The van der Waals surface area contributed by atoms with E-state index in [0.717, 1.165) is 23.2 Å². The van der Waals surface area contributed by atoms with E-state index in [9.17, 15) is 26.3 Å². The van der Waals surface area contributed by atoms with Crippen molar-refractivity contribution in [3.63, 3.8) is 0 Å². The third-order valence-electron chi connectivity index (χ3n) is 7.83. The molecule has 0 spiro atoms. The average molecular weight is 639 g/mol. The van der Waals surface area contributed by atoms with Crippen molar-refractivity contribution in [1.82, 2.24) is 4.58 Å². The number of halogens is 6. The van der Waals surface area contributed by atoms with E-state index in [1.165, 1.54) is 0 Å². The molecule has 0 saturated heterocycles. The van der Waals surface area contributed by atoms with Crippen molar-refractivity contribution in [2.75, 3.05) is 49.1 Å². The molecule has 4 rings (SSSR count). The summed E-state index contributed by atoms with van der Waals surface area (Å²) in [6, 6.07) is 12.5. The summed E-state index contributed by atoms with van der Waals surface area (Å²) in [5, 5.41) is 1.08. The highest BCUT2D eigenvalue weighted by Gasteiger charge is 2.38. The predicted molar refractivity (Wildman–Crippen MR) is 165 cm³/mol. The molecule has 0 bridgehead atoms. The Morgan fingerprint density at radius 2 is 1.18 bits per heavy atom. The first-order valence-corrected chi connectivity index (χ1v) is 15.1. The Hall–Kier alpha value is -4.09. The maximum Gasteiger partial charge on any atom is 0.573 e. The fourth-order valence-electron chi connectivity index (χ4n) is 5.71. The lowest BCUT2D eigenvalue weighted by Gasteiger charge is -2.27. The lowest BCUT2D eigenvalue weighted by atomic mass is 9.91. The maximum atomic E-state index is 13.9. The highest BCUT2D eigenvalue weighted by atomic mass is 19.4. The molecule has 0 N–H and O–H groups in total. The van der Waals surface area contributed by atoms with Crippen molar-refractivity contribution >= 4 is 22.3 Å². The topological polar surface area (TPSA) is 41.1 Å². The van der Waals surface area contributed by atoms with Crippen molar-refractivity contribution in [2.24, 2.45) is 0 Å². The van der Waals surface area contributed by atoms with Crippen LogP contribution < -0.4 is 29.2 Å². The van der Waals surface area contributed by atoms with Crippen LogP contribution in [0.25, 0.3) is 33.4 Å². The lowest BCUT2D eigenvalue weighted by molar-refractivity contribution is -0.276. The van der Waals surface area contributed by atoms with Gasteiger partial charge in [0.15, 0.2) is 0 Å². The molecular weight excluding hydrogens is 600 g/mol. The lowest BCUT2D eigenvalue weighted by Crippen LogP contribution is -2.29. The summed E-state index contributed by atoms with van der Waals surface area (Å²) < 4.78 is 101. The molecule has 1 heterocycles. The Balaban J connectivity index is 2.24. The van der Waals surface area contributed by atoms with Gasteiger partial charge in [-0.1, -0.05) is 0 Å². The number of hydrogen-bond donors (Lipinski definition) is 0. The van der Waals surface area contributed by atoms with Crippen molar-refractivity contribution in [2.45, 2.75) is 54.3 Å². The molecule has 1 aliphatic heterocycles. The zero-order valence-electron chi connectivity index (χ0n) is 26.2. The average Bonchev–Trinajstić information content (AvgIpc) is 2.96. The summed E-state index contributed by atoms with van der Waals surface area (Å²) in [6.07, 6.45) is -10.4. The summed E-state index contributed by atoms with van der Waals surface area (Å²) in [7, 11) is 0. The highest BCUT2D eigenvalue weighted by molar-refractivity contribution is 6.05. The molecule has 12 heteroatoms. The Morgan fingerprint density at radius 3 is 1.67 bits per heavy atom. The fourth-order valence-corrected chi connectivity index (χ4v) is 5.71. The van der Waals surface area contributed by atoms with Crippen molar-refractivity contribution in [3.05, 3.63) is 53.9 Å². The fraction of sp³-hybridized carbons (Fsp3) is 0.424. The normalized spacial score (nSPS) is 12.1. The standard InChI is InChI=1S/C33H38F6N3O3/c1-7-40(8-2)21-13-15-24-26(17-21)43-27-18-22(41(9-3)10-4)14-16-25(27)30(24)31-28(44-32(34,35)36)19-23(42(11-5)12-6)20-29(31)45-33(37,38)39/h13-20H,7-12H2,1-6H3/q+1. The minimum absolute atomic E-state index is 0.0630. The number of fused-ring (bicyclic) bond motifs is 2. The van der Waals surface area contributed by atoms with E-state index in [-0.39, 0.29) is 22.6 Å². The first-order chi connectivity index (χ1) is 21.3. The van der Waals surface area contributed by atoms with Crippen LogP contribution in [0.15, 0.2) is 52.9 Å². The summed E-state index contributed by atoms with van der Waals surface area (Å²) in [6.45, 7) is 14.7. The van der Waals surface area contributed by atoms with Gasteiger partial charge in [0.25, 0.3) is 0 Å². The van der Waals surface area contributed by atoms with E-state index in [0.29, 0.717) is 50.2 Å². The van der Waals surface area contributed by atoms with Gasteiger partial charge in [-0.25, -0.2) is 4.58 Å². The Labute approximate surface area is 258 Å². The minimum Gasteiger partial charge on any atom is -0.456 e. The summed E-state index contributed by atoms with van der Waals surface area (Å²) in [5.74, 6) is -1.36. The van der Waals surface area contributed by atoms with E-state index in [1.807, 2.05) is 27.7 Å². The number of ether oxygens (including phenoxy) is 2. The molecule has 45 heavy (non-hydrogen) atoms. The molecule has 0 amide bonds. The van der Waals surface area contributed by atoms with Gasteiger partial charge < -0.3 is 23.7 Å². The Bertz CT molecular complexity index is 1630. The van der Waals surface area contributed by atoms with E-state index in [4.69, 9.17) is 4.42 Å². The molecule has 2 aromatic rings. The molecule has 2 aromatic carbocycles. The largest absolute Gasteiger partial charge is 0.573 e. The van der Waals surface area contributed by atoms with Gasteiger partial charge in [-0.2, -0.15) is 0 Å². The van der Waals surface area contributed by atoms with Gasteiger partial charge in [-0.3, -0.25) is 0 Å². The third-order valence-corrected chi connectivity index (χ3v) is 7.83. The van der Waals surface area contributed by atoms with Gasteiger partial charge in [0.05, 0.1) is 11.6 Å². The number of hydrogen-bond acceptors (Lipinski definition) is 5. The van der Waals surface area contributed by atoms with Crippen LogP contribution in [0.5, 0.6) is 11.5 Å². The number of alkyl halides is 6. The van der Waals surface area contributed by atoms with Crippen LogP contribution in [0.4, 0.5) is 37.7 Å². The van der Waals surface area contributed by atoms with E-state index < -0.39 is 29.8 Å². The van der Waals surface area contributed by atoms with Crippen LogP contribution in [0.2, 0.25) is 0 Å². The Morgan fingerprint density at radius 1 is 0.644 bits per heavy atom. The second kappa shape index (κ2) is 13.5. The summed E-state index contributed by atoms with van der Waals surface area (Å²) >= 11 is 0. The second-order valence-corrected chi connectivity index (χ2v) is 10.3. The number of nitrogens with zero attached hydrogens (tertiary/aromatic N) is 3. The molecule has 1 aliphatic carbocycles. The van der Waals surface area contributed by atoms with Crippen LogP contribution in [0, 0.1) is 0 Å². The van der Waals surface area contributed by atoms with Crippen LogP contribution in [0.1, 0.15) is 41.5 Å². The van der Waals surface area contributed by atoms with Crippen LogP contribution in [0.3, 0.4) is 0 Å². The minimum atomic E-state index is -5.21. The summed E-state index contributed by atoms with van der Waals surface area (Å²) in [5.41, 5.74) is 1.03. The molecule has 0 unspecified atom stereocenters. The first-order valence-electron chi connectivity index (χ1n) is 15.1. The zero-order chi connectivity index (χ0) is 33.1. The maximum absolute atomic E-state index is 13.9. The van der Waals surface area contributed by atoms with Crippen LogP contribution in [-0.2, 0) is 0 Å². The van der Waals surface area contributed by atoms with Gasteiger partial charge in [0, 0.05) is 78.3 Å². The van der Waals surface area contributed by atoms with E-state index >= 15 is 0 Å². The number of anilines is 2. The molecule has 0 aromatic heterocycles. The van der Waals surface area contributed by atoms with E-state index in [1.54, 1.807) is 55.1 Å². The molecular formula is C33H38F6N3O3+. The molecule has 244 valence electrons. The molecule has 0 radical (unpaired) electrons. The van der Waals surface area contributed by atoms with E-state index in [2.05, 4.69) is 18.9 Å².